The van der Waals surface area contributed by atoms with Crippen molar-refractivity contribution >= 4 is 11.6 Å². The highest BCUT2D eigenvalue weighted by Gasteiger charge is 2.30. The monoisotopic (exact) mass is 345 g/mol. The topological polar surface area (TPSA) is 76.8 Å². The van der Waals surface area contributed by atoms with E-state index in [0.29, 0.717) is 17.2 Å². The summed E-state index contributed by atoms with van der Waals surface area (Å²) in [6.07, 6.45) is 2.01. The van der Waals surface area contributed by atoms with E-state index in [1.54, 1.807) is 32.4 Å². The van der Waals surface area contributed by atoms with Gasteiger partial charge in [-0.15, -0.1) is 0 Å². The predicted octanol–water partition coefficient (Wildman–Crippen LogP) is 2.78. The van der Waals surface area contributed by atoms with Crippen LogP contribution in [0.15, 0.2) is 28.8 Å². The molecule has 2 heterocycles. The molecule has 1 aliphatic heterocycles. The van der Waals surface area contributed by atoms with E-state index in [1.165, 1.54) is 0 Å². The lowest BCUT2D eigenvalue weighted by atomic mass is 10.1. The molecule has 0 saturated carbocycles. The molecule has 1 fully saturated rings. The quantitative estimate of drug-likeness (QED) is 0.867. The highest BCUT2D eigenvalue weighted by molar-refractivity contribution is 5.94. The zero-order valence-electron chi connectivity index (χ0n) is 14.7. The minimum atomic E-state index is -0.0985. The Bertz CT molecular complexity index is 744. The molecular formula is C18H23N3O4. The molecule has 0 spiro atoms. The number of carbonyl (C=O) groups is 1. The van der Waals surface area contributed by atoms with Gasteiger partial charge in [0.2, 0.25) is 5.91 Å². The Morgan fingerprint density at radius 3 is 2.88 bits per heavy atom. The molecule has 1 atom stereocenters. The van der Waals surface area contributed by atoms with E-state index in [2.05, 4.69) is 15.4 Å². The smallest absolute Gasteiger partial charge is 0.238 e. The molecule has 25 heavy (non-hydrogen) atoms. The van der Waals surface area contributed by atoms with E-state index in [9.17, 15) is 4.79 Å². The lowest BCUT2D eigenvalue weighted by Gasteiger charge is -2.22. The average Bonchev–Trinajstić information content (AvgIpc) is 3.23. The van der Waals surface area contributed by atoms with E-state index < -0.39 is 0 Å². The van der Waals surface area contributed by atoms with Gasteiger partial charge >= 0.3 is 0 Å². The van der Waals surface area contributed by atoms with Gasteiger partial charge in [-0.05, 0) is 38.4 Å². The van der Waals surface area contributed by atoms with Crippen LogP contribution in [0.2, 0.25) is 0 Å². The second-order valence-electron chi connectivity index (χ2n) is 6.11. The van der Waals surface area contributed by atoms with Gasteiger partial charge in [-0.3, -0.25) is 9.69 Å². The molecule has 1 aromatic carbocycles. The molecular weight excluding hydrogens is 322 g/mol. The minimum absolute atomic E-state index is 0.0985. The van der Waals surface area contributed by atoms with Crippen molar-refractivity contribution in [3.8, 4) is 11.5 Å². The number of amides is 1. The van der Waals surface area contributed by atoms with Crippen LogP contribution in [-0.4, -0.2) is 43.3 Å². The van der Waals surface area contributed by atoms with Crippen LogP contribution < -0.4 is 14.8 Å². The van der Waals surface area contributed by atoms with Crippen molar-refractivity contribution in [3.05, 3.63) is 35.7 Å². The molecule has 7 heteroatoms. The second-order valence-corrected chi connectivity index (χ2v) is 6.11. The lowest BCUT2D eigenvalue weighted by molar-refractivity contribution is -0.117. The largest absolute Gasteiger partial charge is 0.497 e. The normalized spacial score (nSPS) is 17.5. The van der Waals surface area contributed by atoms with Gasteiger partial charge < -0.3 is 19.3 Å². The van der Waals surface area contributed by atoms with Crippen molar-refractivity contribution < 1.29 is 18.8 Å². The predicted molar refractivity (Wildman–Crippen MR) is 93.0 cm³/mol. The summed E-state index contributed by atoms with van der Waals surface area (Å²) in [5.74, 6) is 1.94. The summed E-state index contributed by atoms with van der Waals surface area (Å²) < 4.78 is 15.7. The molecule has 0 bridgehead atoms. The van der Waals surface area contributed by atoms with Crippen molar-refractivity contribution in [2.75, 3.05) is 32.6 Å². The maximum Gasteiger partial charge on any atom is 0.238 e. The number of methoxy groups -OCH3 is 2. The number of ether oxygens (including phenoxy) is 2. The van der Waals surface area contributed by atoms with Crippen LogP contribution in [0.5, 0.6) is 11.5 Å². The first kappa shape index (κ1) is 17.3. The number of hydrogen-bond donors (Lipinski definition) is 1. The van der Waals surface area contributed by atoms with E-state index in [4.69, 9.17) is 14.0 Å². The summed E-state index contributed by atoms with van der Waals surface area (Å²) in [5.41, 5.74) is 1.49. The first-order valence-corrected chi connectivity index (χ1v) is 8.30. The summed E-state index contributed by atoms with van der Waals surface area (Å²) in [5, 5.41) is 7.02. The Labute approximate surface area is 146 Å². The molecule has 7 nitrogen and oxygen atoms in total. The van der Waals surface area contributed by atoms with E-state index in [0.717, 1.165) is 30.8 Å². The summed E-state index contributed by atoms with van der Waals surface area (Å²) in [4.78, 5) is 14.6. The second kappa shape index (κ2) is 7.57. The Hall–Kier alpha value is -2.54. The summed E-state index contributed by atoms with van der Waals surface area (Å²) >= 11 is 0. The number of nitrogens with one attached hydrogen (secondary N) is 1. The van der Waals surface area contributed by atoms with Crippen molar-refractivity contribution in [2.45, 2.75) is 25.8 Å². The highest BCUT2D eigenvalue weighted by Crippen LogP contribution is 2.32. The maximum absolute atomic E-state index is 12.5. The lowest BCUT2D eigenvalue weighted by Crippen LogP contribution is -2.33. The minimum Gasteiger partial charge on any atom is -0.497 e. The fourth-order valence-electron chi connectivity index (χ4n) is 3.18. The average molecular weight is 345 g/mol. The van der Waals surface area contributed by atoms with Crippen LogP contribution in [0.25, 0.3) is 0 Å². The van der Waals surface area contributed by atoms with Gasteiger partial charge in [0.15, 0.2) is 0 Å². The van der Waals surface area contributed by atoms with Gasteiger partial charge in [0.25, 0.3) is 0 Å². The van der Waals surface area contributed by atoms with Gasteiger partial charge in [-0.1, -0.05) is 5.16 Å². The maximum atomic E-state index is 12.5. The molecule has 134 valence electrons. The Morgan fingerprint density at radius 1 is 1.36 bits per heavy atom. The van der Waals surface area contributed by atoms with Gasteiger partial charge in [0.1, 0.15) is 23.0 Å². The van der Waals surface area contributed by atoms with Crippen molar-refractivity contribution in [2.24, 2.45) is 0 Å². The number of hydrogen-bond acceptors (Lipinski definition) is 6. The molecule has 1 unspecified atom stereocenters. The third kappa shape index (κ3) is 3.93. The summed E-state index contributed by atoms with van der Waals surface area (Å²) in [6.45, 7) is 3.02. The number of aromatic nitrogens is 1. The molecule has 1 aromatic heterocycles. The number of nitrogens with zero attached hydrogens (tertiary/aromatic N) is 2. The van der Waals surface area contributed by atoms with E-state index in [1.807, 2.05) is 13.0 Å². The molecule has 1 aliphatic rings. The zero-order chi connectivity index (χ0) is 17.8. The van der Waals surface area contributed by atoms with E-state index >= 15 is 0 Å². The van der Waals surface area contributed by atoms with Gasteiger partial charge in [-0.2, -0.15) is 0 Å². The first-order valence-electron chi connectivity index (χ1n) is 8.30. The van der Waals surface area contributed by atoms with Gasteiger partial charge in [0.05, 0.1) is 32.5 Å². The number of anilines is 1. The van der Waals surface area contributed by atoms with Crippen molar-refractivity contribution in [1.82, 2.24) is 10.1 Å². The van der Waals surface area contributed by atoms with Gasteiger partial charge in [0, 0.05) is 12.1 Å². The molecule has 0 radical (unpaired) electrons. The fourth-order valence-corrected chi connectivity index (χ4v) is 3.18. The standard InChI is InChI=1S/C18H23N3O4/c1-12-9-14(20-25-12)16-5-4-8-21(16)11-18(22)19-15-10-13(23-2)6-7-17(15)24-3/h6-7,9-10,16H,4-5,8,11H2,1-3H3,(H,19,22). The number of benzene rings is 1. The number of carbonyl (C=O) groups excluding carboxylic acids is 1. The SMILES string of the molecule is COc1ccc(OC)c(NC(=O)CN2CCCC2c2cc(C)on2)c1. The third-order valence-electron chi connectivity index (χ3n) is 4.38. The van der Waals surface area contributed by atoms with Crippen molar-refractivity contribution in [3.63, 3.8) is 0 Å². The van der Waals surface area contributed by atoms with Crippen LogP contribution in [0.1, 0.15) is 30.3 Å². The number of likely N-dealkylation sites (tertiary alicyclic amines) is 1. The zero-order valence-corrected chi connectivity index (χ0v) is 14.7. The molecule has 3 rings (SSSR count). The molecule has 1 saturated heterocycles. The molecule has 1 amide bonds. The Balaban J connectivity index is 1.68. The number of rotatable bonds is 6. The molecule has 0 aliphatic carbocycles. The summed E-state index contributed by atoms with van der Waals surface area (Å²) in [7, 11) is 3.16. The van der Waals surface area contributed by atoms with Crippen LogP contribution >= 0.6 is 0 Å². The van der Waals surface area contributed by atoms with Crippen LogP contribution in [0, 0.1) is 6.92 Å². The first-order chi connectivity index (χ1) is 12.1. The molecule has 1 N–H and O–H groups in total. The van der Waals surface area contributed by atoms with Gasteiger partial charge in [-0.25, -0.2) is 0 Å². The van der Waals surface area contributed by atoms with Crippen LogP contribution in [0.4, 0.5) is 5.69 Å². The fraction of sp³-hybridized carbons (Fsp3) is 0.444. The Morgan fingerprint density at radius 2 is 2.20 bits per heavy atom. The molecule has 2 aromatic rings. The number of aryl methyl sites for hydroxylation is 1. The third-order valence-corrected chi connectivity index (χ3v) is 4.38. The van der Waals surface area contributed by atoms with Crippen molar-refractivity contribution in [1.29, 1.82) is 0 Å². The Kier molecular flexibility index (Phi) is 5.23. The van der Waals surface area contributed by atoms with Crippen LogP contribution in [0.3, 0.4) is 0 Å². The van der Waals surface area contributed by atoms with E-state index in [-0.39, 0.29) is 18.5 Å². The summed E-state index contributed by atoms with van der Waals surface area (Å²) in [6, 6.07) is 7.37. The van der Waals surface area contributed by atoms with Crippen LogP contribution in [-0.2, 0) is 4.79 Å². The highest BCUT2D eigenvalue weighted by atomic mass is 16.5.